The molecular weight excluding hydrogens is 421 g/mol. The van der Waals surface area contributed by atoms with Crippen molar-refractivity contribution in [2.45, 2.75) is 32.3 Å². The largest absolute Gasteiger partial charge is 0.453 e. The highest BCUT2D eigenvalue weighted by Crippen LogP contribution is 2.24. The molecule has 1 aromatic carbocycles. The average molecular weight is 438 g/mol. The second-order valence-corrected chi connectivity index (χ2v) is 7.99. The van der Waals surface area contributed by atoms with Crippen LogP contribution >= 0.6 is 34.5 Å². The van der Waals surface area contributed by atoms with Gasteiger partial charge in [-0.25, -0.2) is 9.97 Å². The topological polar surface area (TPSA) is 81.2 Å². The summed E-state index contributed by atoms with van der Waals surface area (Å²) in [5, 5.41) is 4.05. The molecule has 3 aromatic rings. The van der Waals surface area contributed by atoms with E-state index in [-0.39, 0.29) is 17.3 Å². The highest BCUT2D eigenvalue weighted by Gasteiger charge is 2.19. The summed E-state index contributed by atoms with van der Waals surface area (Å²) in [5.74, 6) is -0.801. The highest BCUT2D eigenvalue weighted by atomic mass is 35.5. The minimum atomic E-state index is -0.969. The molecule has 0 unspecified atom stereocenters. The summed E-state index contributed by atoms with van der Waals surface area (Å²) in [5.41, 5.74) is 0.963. The number of aromatic nitrogens is 2. The number of aryl methyl sites for hydroxylation is 1. The Kier molecular flexibility index (Phi) is 6.83. The molecule has 0 radical (unpaired) electrons. The lowest BCUT2D eigenvalue weighted by molar-refractivity contribution is -0.153. The van der Waals surface area contributed by atoms with Gasteiger partial charge in [-0.05, 0) is 38.0 Å². The average Bonchev–Trinajstić information content (AvgIpc) is 3.06. The minimum Gasteiger partial charge on any atom is -0.453 e. The van der Waals surface area contributed by atoms with E-state index in [2.05, 4.69) is 15.3 Å². The molecule has 2 heterocycles. The number of thiazole rings is 1. The summed E-state index contributed by atoms with van der Waals surface area (Å²) in [4.78, 5) is 32.6. The van der Waals surface area contributed by atoms with Gasteiger partial charge in [-0.1, -0.05) is 35.3 Å². The number of halogens is 2. The molecule has 6 nitrogen and oxygen atoms in total. The van der Waals surface area contributed by atoms with E-state index in [1.165, 1.54) is 19.2 Å². The van der Waals surface area contributed by atoms with Gasteiger partial charge in [-0.15, -0.1) is 11.3 Å². The number of anilines is 1. The van der Waals surface area contributed by atoms with Gasteiger partial charge in [0, 0.05) is 12.6 Å². The number of fused-ring (bicyclic) bond motifs is 1. The zero-order valence-corrected chi connectivity index (χ0v) is 17.3. The van der Waals surface area contributed by atoms with Crippen molar-refractivity contribution >= 4 is 62.4 Å². The van der Waals surface area contributed by atoms with Crippen molar-refractivity contribution in [2.75, 3.05) is 5.32 Å². The molecular formula is C19H17Cl2N3O3S. The van der Waals surface area contributed by atoms with Crippen molar-refractivity contribution in [3.8, 4) is 0 Å². The van der Waals surface area contributed by atoms with Crippen LogP contribution < -0.4 is 5.32 Å². The fraction of sp³-hybridized carbons (Fsp3) is 0.263. The first-order valence-corrected chi connectivity index (χ1v) is 10.2. The number of hydrogen-bond donors (Lipinski definition) is 1. The fourth-order valence-electron chi connectivity index (χ4n) is 2.45. The molecule has 146 valence electrons. The van der Waals surface area contributed by atoms with Gasteiger partial charge < -0.3 is 10.1 Å². The van der Waals surface area contributed by atoms with E-state index < -0.39 is 18.0 Å². The van der Waals surface area contributed by atoms with E-state index in [1.54, 1.807) is 11.3 Å². The Bertz CT molecular complexity index is 976. The maximum atomic E-state index is 12.2. The minimum absolute atomic E-state index is 0.162. The van der Waals surface area contributed by atoms with Crippen LogP contribution in [0.25, 0.3) is 10.2 Å². The number of nitrogens with one attached hydrogen (secondary N) is 1. The molecule has 1 N–H and O–H groups in total. The van der Waals surface area contributed by atoms with Crippen LogP contribution in [0.1, 0.15) is 24.8 Å². The lowest BCUT2D eigenvalue weighted by Gasteiger charge is -2.13. The third-order valence-corrected chi connectivity index (χ3v) is 5.43. The van der Waals surface area contributed by atoms with Crippen LogP contribution in [0.3, 0.4) is 0 Å². The van der Waals surface area contributed by atoms with E-state index >= 15 is 0 Å². The second-order valence-electron chi connectivity index (χ2n) is 6.03. The van der Waals surface area contributed by atoms with Crippen LogP contribution in [-0.2, 0) is 20.7 Å². The van der Waals surface area contributed by atoms with Crippen LogP contribution in [-0.4, -0.2) is 27.9 Å². The Morgan fingerprint density at radius 3 is 2.82 bits per heavy atom. The van der Waals surface area contributed by atoms with E-state index in [4.69, 9.17) is 27.9 Å². The van der Waals surface area contributed by atoms with Crippen LogP contribution in [0.5, 0.6) is 0 Å². The van der Waals surface area contributed by atoms with E-state index in [9.17, 15) is 9.59 Å². The van der Waals surface area contributed by atoms with Gasteiger partial charge in [-0.2, -0.15) is 0 Å². The van der Waals surface area contributed by atoms with Crippen molar-refractivity contribution in [1.82, 2.24) is 9.97 Å². The van der Waals surface area contributed by atoms with Crippen LogP contribution in [0.4, 0.5) is 5.82 Å². The lowest BCUT2D eigenvalue weighted by atomic mass is 10.2. The van der Waals surface area contributed by atoms with E-state index in [0.717, 1.165) is 15.2 Å². The van der Waals surface area contributed by atoms with Crippen molar-refractivity contribution in [2.24, 2.45) is 0 Å². The molecule has 1 amide bonds. The maximum absolute atomic E-state index is 12.2. The van der Waals surface area contributed by atoms with Gasteiger partial charge in [0.2, 0.25) is 0 Å². The van der Waals surface area contributed by atoms with E-state index in [0.29, 0.717) is 17.9 Å². The van der Waals surface area contributed by atoms with Crippen molar-refractivity contribution < 1.29 is 14.3 Å². The Labute approximate surface area is 175 Å². The quantitative estimate of drug-likeness (QED) is 0.531. The summed E-state index contributed by atoms with van der Waals surface area (Å²) >= 11 is 13.3. The second kappa shape index (κ2) is 9.32. The Morgan fingerprint density at radius 1 is 1.29 bits per heavy atom. The zero-order chi connectivity index (χ0) is 20.1. The number of pyridine rings is 1. The number of rotatable bonds is 7. The van der Waals surface area contributed by atoms with Crippen LogP contribution in [0.2, 0.25) is 10.0 Å². The number of para-hydroxylation sites is 1. The Hall–Kier alpha value is -2.22. The van der Waals surface area contributed by atoms with Gasteiger partial charge >= 0.3 is 5.97 Å². The van der Waals surface area contributed by atoms with Gasteiger partial charge in [0.05, 0.1) is 25.3 Å². The maximum Gasteiger partial charge on any atom is 0.306 e. The smallest absolute Gasteiger partial charge is 0.306 e. The molecule has 9 heteroatoms. The van der Waals surface area contributed by atoms with Crippen molar-refractivity contribution in [3.63, 3.8) is 0 Å². The number of carbonyl (C=O) groups is 2. The number of carbonyl (C=O) groups excluding carboxylic acids is 2. The lowest BCUT2D eigenvalue weighted by Crippen LogP contribution is -2.30. The van der Waals surface area contributed by atoms with Crippen molar-refractivity contribution in [1.29, 1.82) is 0 Å². The van der Waals surface area contributed by atoms with E-state index in [1.807, 2.05) is 24.3 Å². The van der Waals surface area contributed by atoms with Gasteiger partial charge in [-0.3, -0.25) is 9.59 Å². The molecule has 0 spiro atoms. The zero-order valence-electron chi connectivity index (χ0n) is 14.9. The fourth-order valence-corrected chi connectivity index (χ4v) is 3.88. The Morgan fingerprint density at radius 2 is 2.07 bits per heavy atom. The predicted octanol–water partition coefficient (Wildman–Crippen LogP) is 4.89. The van der Waals surface area contributed by atoms with Crippen LogP contribution in [0, 0.1) is 0 Å². The number of hydrogen-bond acceptors (Lipinski definition) is 6. The number of nitrogens with zero attached hydrogens (tertiary/aromatic N) is 2. The molecule has 0 saturated heterocycles. The van der Waals surface area contributed by atoms with Gasteiger partial charge in [0.25, 0.3) is 5.91 Å². The molecule has 3 rings (SSSR count). The van der Waals surface area contributed by atoms with Gasteiger partial charge in [0.1, 0.15) is 0 Å². The summed E-state index contributed by atoms with van der Waals surface area (Å²) in [6.07, 6.45) is 1.87. The third kappa shape index (κ3) is 5.41. The predicted molar refractivity (Wildman–Crippen MR) is 111 cm³/mol. The van der Waals surface area contributed by atoms with Gasteiger partial charge in [0.15, 0.2) is 11.9 Å². The highest BCUT2D eigenvalue weighted by molar-refractivity contribution is 7.18. The standard InChI is InChI=1S/C19H17Cl2N3O3S/c1-11(19(26)24-18-13(21)9-12(20)10-22-18)27-17(25)8-4-7-16-23-14-5-2-3-6-15(14)28-16/h2-3,5-6,9-11H,4,7-8H2,1H3,(H,22,24,26)/t11-/m0/s1. The summed E-state index contributed by atoms with van der Waals surface area (Å²) in [6, 6.07) is 9.37. The number of benzene rings is 1. The molecule has 2 aromatic heterocycles. The monoisotopic (exact) mass is 437 g/mol. The molecule has 1 atom stereocenters. The Balaban J connectivity index is 1.45. The summed E-state index contributed by atoms with van der Waals surface area (Å²) < 4.78 is 6.30. The molecule has 0 aliphatic carbocycles. The number of esters is 1. The molecule has 0 saturated carbocycles. The first kappa shape index (κ1) is 20.5. The first-order valence-electron chi connectivity index (χ1n) is 8.58. The SMILES string of the molecule is C[C@H](OC(=O)CCCc1nc2ccccc2s1)C(=O)Nc1ncc(Cl)cc1Cl. The molecule has 0 fully saturated rings. The number of ether oxygens (including phenoxy) is 1. The normalized spacial score (nSPS) is 12.0. The number of amides is 1. The first-order chi connectivity index (χ1) is 13.4. The molecule has 0 aliphatic heterocycles. The van der Waals surface area contributed by atoms with Crippen LogP contribution in [0.15, 0.2) is 36.5 Å². The molecule has 28 heavy (non-hydrogen) atoms. The third-order valence-electron chi connectivity index (χ3n) is 3.84. The van der Waals surface area contributed by atoms with Crippen molar-refractivity contribution in [3.05, 3.63) is 51.6 Å². The summed E-state index contributed by atoms with van der Waals surface area (Å²) in [7, 11) is 0. The molecule has 0 aliphatic rings. The molecule has 0 bridgehead atoms. The summed E-state index contributed by atoms with van der Waals surface area (Å²) in [6.45, 7) is 1.49.